The van der Waals surface area contributed by atoms with E-state index in [1.165, 1.54) is 0 Å². The van der Waals surface area contributed by atoms with Crippen molar-refractivity contribution < 1.29 is 19.4 Å². The first-order valence-electron chi connectivity index (χ1n) is 6.36. The number of hydrogen-bond acceptors (Lipinski definition) is 4. The van der Waals surface area contributed by atoms with E-state index in [0.29, 0.717) is 13.2 Å². The summed E-state index contributed by atoms with van der Waals surface area (Å²) < 4.78 is 10.7. The van der Waals surface area contributed by atoms with E-state index >= 15 is 0 Å². The van der Waals surface area contributed by atoms with Crippen LogP contribution < -0.4 is 0 Å². The van der Waals surface area contributed by atoms with Crippen molar-refractivity contribution in [3.63, 3.8) is 0 Å². The van der Waals surface area contributed by atoms with Crippen molar-refractivity contribution in [3.05, 3.63) is 0 Å². The normalized spacial score (nSPS) is 17.4. The summed E-state index contributed by atoms with van der Waals surface area (Å²) >= 11 is 0. The molecule has 1 N–H and O–H groups in total. The van der Waals surface area contributed by atoms with Crippen molar-refractivity contribution >= 4 is 5.91 Å². The number of rotatable bonds is 7. The molecule has 1 fully saturated rings. The Morgan fingerprint density at radius 1 is 1.35 bits per heavy atom. The highest BCUT2D eigenvalue weighted by atomic mass is 16.5. The number of amides is 1. The predicted octanol–water partition coefficient (Wildman–Crippen LogP) is 0.413. The van der Waals surface area contributed by atoms with Crippen molar-refractivity contribution in [2.24, 2.45) is 0 Å². The zero-order valence-electron chi connectivity index (χ0n) is 10.6. The van der Waals surface area contributed by atoms with Gasteiger partial charge in [-0.1, -0.05) is 6.92 Å². The number of nitrogens with zero attached hydrogens (tertiary/aromatic N) is 1. The number of likely N-dealkylation sites (tertiary alicyclic amines) is 1. The van der Waals surface area contributed by atoms with E-state index in [0.717, 1.165) is 32.4 Å². The van der Waals surface area contributed by atoms with Gasteiger partial charge in [-0.3, -0.25) is 4.79 Å². The Kier molecular flexibility index (Phi) is 7.16. The molecule has 0 bridgehead atoms. The molecule has 1 heterocycles. The Balaban J connectivity index is 2.15. The van der Waals surface area contributed by atoms with Crippen molar-refractivity contribution in [1.29, 1.82) is 0 Å². The zero-order valence-corrected chi connectivity index (χ0v) is 10.6. The summed E-state index contributed by atoms with van der Waals surface area (Å²) in [7, 11) is 0. The fourth-order valence-electron chi connectivity index (χ4n) is 1.89. The molecule has 1 rings (SSSR count). The third-order valence-electron chi connectivity index (χ3n) is 2.81. The average molecular weight is 245 g/mol. The minimum atomic E-state index is 0.0595. The number of piperidine rings is 1. The highest BCUT2D eigenvalue weighted by molar-refractivity contribution is 5.77. The number of ether oxygens (including phenoxy) is 2. The van der Waals surface area contributed by atoms with E-state index in [2.05, 4.69) is 0 Å². The van der Waals surface area contributed by atoms with Gasteiger partial charge in [0.15, 0.2) is 0 Å². The molecule has 0 radical (unpaired) electrons. The first-order chi connectivity index (χ1) is 8.27. The molecule has 1 aliphatic rings. The number of aliphatic hydroxyl groups is 1. The monoisotopic (exact) mass is 245 g/mol. The van der Waals surface area contributed by atoms with Crippen LogP contribution in [0.15, 0.2) is 0 Å². The minimum absolute atomic E-state index is 0.0595. The molecule has 0 aromatic carbocycles. The Hall–Kier alpha value is -0.650. The molecule has 0 aromatic heterocycles. The molecule has 5 heteroatoms. The minimum Gasteiger partial charge on any atom is -0.394 e. The second-order valence-corrected chi connectivity index (χ2v) is 4.23. The summed E-state index contributed by atoms with van der Waals surface area (Å²) in [5, 5.41) is 8.65. The van der Waals surface area contributed by atoms with Gasteiger partial charge >= 0.3 is 0 Å². The van der Waals surface area contributed by atoms with Crippen LogP contribution in [0, 0.1) is 0 Å². The average Bonchev–Trinajstić information content (AvgIpc) is 2.37. The molecule has 1 aliphatic heterocycles. The van der Waals surface area contributed by atoms with Gasteiger partial charge in [-0.05, 0) is 19.3 Å². The fraction of sp³-hybridized carbons (Fsp3) is 0.917. The van der Waals surface area contributed by atoms with Crippen LogP contribution in [-0.4, -0.2) is 61.5 Å². The van der Waals surface area contributed by atoms with Gasteiger partial charge in [0, 0.05) is 19.7 Å². The molecule has 0 aromatic rings. The summed E-state index contributed by atoms with van der Waals surface area (Å²) in [6.07, 6.45) is 2.81. The van der Waals surface area contributed by atoms with Gasteiger partial charge in [0.05, 0.1) is 19.3 Å². The second kappa shape index (κ2) is 8.44. The molecular weight excluding hydrogens is 222 g/mol. The van der Waals surface area contributed by atoms with Gasteiger partial charge in [-0.15, -0.1) is 0 Å². The first kappa shape index (κ1) is 14.4. The second-order valence-electron chi connectivity index (χ2n) is 4.23. The summed E-state index contributed by atoms with van der Waals surface area (Å²) in [5.74, 6) is 0.0686. The van der Waals surface area contributed by atoms with Gasteiger partial charge in [-0.2, -0.15) is 0 Å². The summed E-state index contributed by atoms with van der Waals surface area (Å²) in [6.45, 7) is 4.75. The van der Waals surface area contributed by atoms with Crippen LogP contribution in [-0.2, 0) is 14.3 Å². The van der Waals surface area contributed by atoms with Crippen molar-refractivity contribution in [1.82, 2.24) is 4.90 Å². The highest BCUT2D eigenvalue weighted by Crippen LogP contribution is 2.13. The van der Waals surface area contributed by atoms with Crippen LogP contribution >= 0.6 is 0 Å². The van der Waals surface area contributed by atoms with Crippen LogP contribution in [0.5, 0.6) is 0 Å². The van der Waals surface area contributed by atoms with E-state index < -0.39 is 0 Å². The topological polar surface area (TPSA) is 59.0 Å². The maximum absolute atomic E-state index is 11.7. The lowest BCUT2D eigenvalue weighted by atomic mass is 10.1. The number of carbonyl (C=O) groups excluding carboxylic acids is 1. The van der Waals surface area contributed by atoms with E-state index in [-0.39, 0.29) is 25.2 Å². The molecule has 1 amide bonds. The number of hydrogen-bond donors (Lipinski definition) is 1. The molecule has 5 nitrogen and oxygen atoms in total. The van der Waals surface area contributed by atoms with Crippen molar-refractivity contribution in [2.75, 3.05) is 39.5 Å². The van der Waals surface area contributed by atoms with Gasteiger partial charge < -0.3 is 19.5 Å². The quantitative estimate of drug-likeness (QED) is 0.660. The molecule has 0 aliphatic carbocycles. The standard InChI is InChI=1S/C12H23NO4/c1-2-8-16-10-12(15)13-5-3-11(4-6-13)17-9-7-14/h11,14H,2-10H2,1H3. The van der Waals surface area contributed by atoms with Crippen LogP contribution in [0.2, 0.25) is 0 Å². The van der Waals surface area contributed by atoms with E-state index in [4.69, 9.17) is 14.6 Å². The third-order valence-corrected chi connectivity index (χ3v) is 2.81. The molecule has 17 heavy (non-hydrogen) atoms. The van der Waals surface area contributed by atoms with E-state index in [1.807, 2.05) is 11.8 Å². The fourth-order valence-corrected chi connectivity index (χ4v) is 1.89. The molecule has 0 saturated carbocycles. The van der Waals surface area contributed by atoms with Gasteiger partial charge in [-0.25, -0.2) is 0 Å². The lowest BCUT2D eigenvalue weighted by molar-refractivity contribution is -0.138. The summed E-state index contributed by atoms with van der Waals surface area (Å²) in [6, 6.07) is 0. The maximum atomic E-state index is 11.7. The summed E-state index contributed by atoms with van der Waals surface area (Å²) in [4.78, 5) is 13.5. The molecule has 1 saturated heterocycles. The molecule has 0 unspecified atom stereocenters. The number of aliphatic hydroxyl groups excluding tert-OH is 1. The maximum Gasteiger partial charge on any atom is 0.248 e. The van der Waals surface area contributed by atoms with E-state index in [1.54, 1.807) is 0 Å². The van der Waals surface area contributed by atoms with Gasteiger partial charge in [0.1, 0.15) is 6.61 Å². The van der Waals surface area contributed by atoms with Crippen LogP contribution in [0.3, 0.4) is 0 Å². The molecule has 100 valence electrons. The van der Waals surface area contributed by atoms with Crippen LogP contribution in [0.1, 0.15) is 26.2 Å². The summed E-state index contributed by atoms with van der Waals surface area (Å²) in [5.41, 5.74) is 0. The van der Waals surface area contributed by atoms with Gasteiger partial charge in [0.2, 0.25) is 5.91 Å². The number of carbonyl (C=O) groups is 1. The lowest BCUT2D eigenvalue weighted by Gasteiger charge is -2.31. The van der Waals surface area contributed by atoms with Crippen molar-refractivity contribution in [2.45, 2.75) is 32.3 Å². The Labute approximate surface area is 103 Å². The third kappa shape index (κ3) is 5.48. The zero-order chi connectivity index (χ0) is 12.5. The van der Waals surface area contributed by atoms with Crippen molar-refractivity contribution in [3.8, 4) is 0 Å². The highest BCUT2D eigenvalue weighted by Gasteiger charge is 2.22. The SMILES string of the molecule is CCCOCC(=O)N1CCC(OCCO)CC1. The van der Waals surface area contributed by atoms with Crippen LogP contribution in [0.25, 0.3) is 0 Å². The molecule has 0 spiro atoms. The molecule has 0 atom stereocenters. The predicted molar refractivity (Wildman–Crippen MR) is 63.7 cm³/mol. The Morgan fingerprint density at radius 2 is 2.06 bits per heavy atom. The van der Waals surface area contributed by atoms with E-state index in [9.17, 15) is 4.79 Å². The van der Waals surface area contributed by atoms with Crippen LogP contribution in [0.4, 0.5) is 0 Å². The molecular formula is C12H23NO4. The Bertz CT molecular complexity index is 215. The Morgan fingerprint density at radius 3 is 2.65 bits per heavy atom. The van der Waals surface area contributed by atoms with Gasteiger partial charge in [0.25, 0.3) is 0 Å². The lowest BCUT2D eigenvalue weighted by Crippen LogP contribution is -2.42. The smallest absolute Gasteiger partial charge is 0.248 e. The largest absolute Gasteiger partial charge is 0.394 e. The first-order valence-corrected chi connectivity index (χ1v) is 6.36.